The maximum Gasteiger partial charge on any atom is 0.283 e. The molecule has 2 heterocycles. The van der Waals surface area contributed by atoms with Gasteiger partial charge in [-0.1, -0.05) is 11.6 Å². The van der Waals surface area contributed by atoms with Crippen molar-refractivity contribution < 1.29 is 22.3 Å². The molecule has 0 bridgehead atoms. The zero-order valence-corrected chi connectivity index (χ0v) is 15.9. The van der Waals surface area contributed by atoms with Crippen LogP contribution in [-0.2, 0) is 10.3 Å². The zero-order valence-electron chi connectivity index (χ0n) is 15.1. The molecule has 0 radical (unpaired) electrons. The summed E-state index contributed by atoms with van der Waals surface area (Å²) in [5.74, 6) is -1.34. The van der Waals surface area contributed by atoms with Crippen LogP contribution in [0.2, 0.25) is 5.02 Å². The number of amidine groups is 1. The Balaban J connectivity index is 1.68. The highest BCUT2D eigenvalue weighted by Gasteiger charge is 2.70. The Morgan fingerprint density at radius 1 is 1.24 bits per heavy atom. The van der Waals surface area contributed by atoms with E-state index in [1.54, 1.807) is 25.1 Å². The molecule has 0 spiro atoms. The van der Waals surface area contributed by atoms with Gasteiger partial charge in [-0.3, -0.25) is 0 Å². The van der Waals surface area contributed by atoms with Gasteiger partial charge in [0.2, 0.25) is 5.89 Å². The van der Waals surface area contributed by atoms with Crippen LogP contribution >= 0.6 is 11.6 Å². The number of nitrogens with zero attached hydrogens (tertiary/aromatic N) is 2. The molecule has 0 amide bonds. The second-order valence-corrected chi connectivity index (χ2v) is 8.01. The minimum Gasteiger partial charge on any atom is -0.459 e. The predicted octanol–water partition coefficient (Wildman–Crippen LogP) is 4.87. The van der Waals surface area contributed by atoms with E-state index >= 15 is 0 Å². The zero-order chi connectivity index (χ0) is 20.6. The first-order chi connectivity index (χ1) is 13.7. The van der Waals surface area contributed by atoms with Gasteiger partial charge in [-0.05, 0) is 43.7 Å². The van der Waals surface area contributed by atoms with Gasteiger partial charge < -0.3 is 14.9 Å². The molecule has 1 aliphatic heterocycles. The molecule has 1 aliphatic carbocycles. The fraction of sp³-hybridized carbons (Fsp3) is 0.300. The summed E-state index contributed by atoms with van der Waals surface area (Å²) >= 11 is 5.96. The number of aromatic nitrogens is 1. The molecule has 5 rings (SSSR count). The topological polar surface area (TPSA) is 73.6 Å². The summed E-state index contributed by atoms with van der Waals surface area (Å²) < 4.78 is 54.7. The molecule has 9 heteroatoms. The molecule has 2 N–H and O–H groups in total. The highest BCUT2D eigenvalue weighted by molar-refractivity contribution is 6.31. The van der Waals surface area contributed by atoms with E-state index in [9.17, 15) is 13.2 Å². The molecule has 2 aliphatic rings. The van der Waals surface area contributed by atoms with Gasteiger partial charge in [0, 0.05) is 28.1 Å². The normalized spacial score (nSPS) is 28.2. The van der Waals surface area contributed by atoms with E-state index in [4.69, 9.17) is 26.5 Å². The Bertz CT molecular complexity index is 1180. The Morgan fingerprint density at radius 2 is 2.03 bits per heavy atom. The minimum atomic E-state index is -2.98. The molecule has 150 valence electrons. The third-order valence-corrected chi connectivity index (χ3v) is 5.91. The van der Waals surface area contributed by atoms with Crippen LogP contribution in [0.4, 0.5) is 13.2 Å². The second kappa shape index (κ2) is 5.89. The fourth-order valence-corrected chi connectivity index (χ4v) is 4.32. The summed E-state index contributed by atoms with van der Waals surface area (Å²) in [6, 6.07) is 8.38. The first-order valence-corrected chi connectivity index (χ1v) is 9.30. The van der Waals surface area contributed by atoms with E-state index in [1.807, 2.05) is 0 Å². The number of halogens is 4. The van der Waals surface area contributed by atoms with Crippen molar-refractivity contribution in [3.63, 3.8) is 0 Å². The van der Waals surface area contributed by atoms with Crippen LogP contribution in [0.15, 0.2) is 45.8 Å². The summed E-state index contributed by atoms with van der Waals surface area (Å²) in [6.07, 6.45) is -2.68. The molecule has 3 aromatic rings. The summed E-state index contributed by atoms with van der Waals surface area (Å²) in [6.45, 7) is 1.67. The first-order valence-electron chi connectivity index (χ1n) is 8.92. The van der Waals surface area contributed by atoms with Gasteiger partial charge in [-0.2, -0.15) is 0 Å². The van der Waals surface area contributed by atoms with Gasteiger partial charge in [0.15, 0.2) is 11.1 Å². The Morgan fingerprint density at radius 3 is 2.79 bits per heavy atom. The standard InChI is InChI=1S/C20H15ClF3N3O2/c1-19-8-15(19)20(17(23)24,27-18(25)29-19)11-6-9(2-4-12(11)22)16-26-13-5-3-10(21)7-14(13)28-16/h2-7,15,17H,8H2,1H3,(H2,25,27)/t15-,19+,20-/m0/s1. The van der Waals surface area contributed by atoms with Crippen LogP contribution in [-0.4, -0.2) is 23.0 Å². The maximum atomic E-state index is 14.8. The number of oxazole rings is 1. The van der Waals surface area contributed by atoms with Crippen molar-refractivity contribution in [1.29, 1.82) is 0 Å². The average molecular weight is 422 g/mol. The van der Waals surface area contributed by atoms with Crippen LogP contribution in [0.5, 0.6) is 0 Å². The number of benzene rings is 2. The number of aliphatic imine (C=N–C) groups is 1. The van der Waals surface area contributed by atoms with Gasteiger partial charge in [0.25, 0.3) is 12.4 Å². The Labute approximate surface area is 168 Å². The molecule has 2 aromatic carbocycles. The number of fused-ring (bicyclic) bond motifs is 2. The predicted molar refractivity (Wildman–Crippen MR) is 101 cm³/mol. The van der Waals surface area contributed by atoms with Crippen LogP contribution in [0.1, 0.15) is 18.9 Å². The lowest BCUT2D eigenvalue weighted by molar-refractivity contribution is 0.000161. The molecule has 1 fully saturated rings. The molecule has 29 heavy (non-hydrogen) atoms. The lowest BCUT2D eigenvalue weighted by Gasteiger charge is -2.35. The van der Waals surface area contributed by atoms with Crippen molar-refractivity contribution in [3.05, 3.63) is 52.8 Å². The lowest BCUT2D eigenvalue weighted by atomic mass is 9.82. The Hall–Kier alpha value is -2.74. The largest absolute Gasteiger partial charge is 0.459 e. The minimum absolute atomic E-state index is 0.163. The third-order valence-electron chi connectivity index (χ3n) is 5.68. The maximum absolute atomic E-state index is 14.8. The van der Waals surface area contributed by atoms with E-state index in [-0.39, 0.29) is 17.5 Å². The number of hydrogen-bond acceptors (Lipinski definition) is 5. The quantitative estimate of drug-likeness (QED) is 0.654. The van der Waals surface area contributed by atoms with Crippen molar-refractivity contribution >= 4 is 28.7 Å². The summed E-state index contributed by atoms with van der Waals surface area (Å²) in [4.78, 5) is 8.26. The highest BCUT2D eigenvalue weighted by atomic mass is 35.5. The van der Waals surface area contributed by atoms with Crippen LogP contribution < -0.4 is 5.73 Å². The van der Waals surface area contributed by atoms with Gasteiger partial charge in [0.1, 0.15) is 16.9 Å². The number of alkyl halides is 2. The van der Waals surface area contributed by atoms with Crippen LogP contribution in [0, 0.1) is 11.7 Å². The molecule has 0 saturated heterocycles. The molecule has 0 unspecified atom stereocenters. The molecular weight excluding hydrogens is 407 g/mol. The second-order valence-electron chi connectivity index (χ2n) is 7.57. The van der Waals surface area contributed by atoms with E-state index in [0.717, 1.165) is 6.07 Å². The van der Waals surface area contributed by atoms with Crippen molar-refractivity contribution in [3.8, 4) is 11.5 Å². The number of nitrogens with two attached hydrogens (primary N) is 1. The van der Waals surface area contributed by atoms with E-state index in [1.165, 1.54) is 12.1 Å². The Kier molecular flexibility index (Phi) is 3.71. The van der Waals surface area contributed by atoms with E-state index < -0.39 is 29.3 Å². The van der Waals surface area contributed by atoms with Crippen molar-refractivity contribution in [2.75, 3.05) is 0 Å². The number of ether oxygens (including phenoxy) is 1. The van der Waals surface area contributed by atoms with Gasteiger partial charge in [0.05, 0.1) is 0 Å². The van der Waals surface area contributed by atoms with Gasteiger partial charge in [-0.15, -0.1) is 0 Å². The SMILES string of the molecule is C[C@@]12C[C@@H]1[C@@](c1cc(-c3nc4ccc(Cl)cc4o3)ccc1F)(C(F)F)N=C(N)O2. The van der Waals surface area contributed by atoms with Gasteiger partial charge >= 0.3 is 0 Å². The number of hydrogen-bond donors (Lipinski definition) is 1. The monoisotopic (exact) mass is 421 g/mol. The molecule has 1 saturated carbocycles. The molecule has 5 nitrogen and oxygen atoms in total. The average Bonchev–Trinajstić information content (AvgIpc) is 3.16. The number of rotatable bonds is 3. The van der Waals surface area contributed by atoms with Crippen molar-refractivity contribution in [2.45, 2.75) is 30.9 Å². The third kappa shape index (κ3) is 2.62. The summed E-state index contributed by atoms with van der Waals surface area (Å²) in [7, 11) is 0. The van der Waals surface area contributed by atoms with Gasteiger partial charge in [-0.25, -0.2) is 23.1 Å². The van der Waals surface area contributed by atoms with Crippen LogP contribution in [0.25, 0.3) is 22.6 Å². The summed E-state index contributed by atoms with van der Waals surface area (Å²) in [5.41, 5.74) is 3.72. The van der Waals surface area contributed by atoms with E-state index in [0.29, 0.717) is 28.1 Å². The molecular formula is C20H15ClF3N3O2. The molecule has 1 aromatic heterocycles. The summed E-state index contributed by atoms with van der Waals surface area (Å²) in [5, 5.41) is 0.469. The highest BCUT2D eigenvalue weighted by Crippen LogP contribution is 2.62. The smallest absolute Gasteiger partial charge is 0.283 e. The van der Waals surface area contributed by atoms with Crippen molar-refractivity contribution in [1.82, 2.24) is 4.98 Å². The first kappa shape index (κ1) is 18.3. The lowest BCUT2D eigenvalue weighted by Crippen LogP contribution is -2.46. The molecule has 3 atom stereocenters. The van der Waals surface area contributed by atoms with Crippen LogP contribution in [0.3, 0.4) is 0 Å². The fourth-order valence-electron chi connectivity index (χ4n) is 4.16. The van der Waals surface area contributed by atoms with E-state index in [2.05, 4.69) is 9.98 Å². The van der Waals surface area contributed by atoms with Crippen molar-refractivity contribution in [2.24, 2.45) is 16.6 Å².